The van der Waals surface area contributed by atoms with Crippen LogP contribution in [0.4, 0.5) is 11.6 Å². The van der Waals surface area contributed by atoms with Gasteiger partial charge >= 0.3 is 0 Å². The molecule has 0 bridgehead atoms. The summed E-state index contributed by atoms with van der Waals surface area (Å²) in [7, 11) is 0. The van der Waals surface area contributed by atoms with E-state index in [2.05, 4.69) is 82.7 Å². The fraction of sp³-hybridized carbons (Fsp3) is 0.379. The van der Waals surface area contributed by atoms with E-state index in [9.17, 15) is 0 Å². The van der Waals surface area contributed by atoms with Crippen molar-refractivity contribution in [2.45, 2.75) is 58.2 Å². The molecule has 6 rings (SSSR count). The number of hydrogen-bond acceptors (Lipinski definition) is 5. The van der Waals surface area contributed by atoms with E-state index in [0.717, 1.165) is 42.1 Å². The van der Waals surface area contributed by atoms with Gasteiger partial charge in [0.05, 0.1) is 5.69 Å². The predicted molar refractivity (Wildman–Crippen MR) is 143 cm³/mol. The van der Waals surface area contributed by atoms with Gasteiger partial charge < -0.3 is 15.6 Å². The minimum Gasteiger partial charge on any atom is -0.360 e. The zero-order chi connectivity index (χ0) is 23.9. The van der Waals surface area contributed by atoms with Crippen LogP contribution >= 0.6 is 0 Å². The normalized spacial score (nSPS) is 20.9. The molecule has 6 heteroatoms. The quantitative estimate of drug-likeness (QED) is 0.338. The number of hydrogen-bond donors (Lipinski definition) is 3. The fourth-order valence-corrected chi connectivity index (χ4v) is 5.51. The monoisotopic (exact) mass is 466 g/mol. The molecule has 2 atom stereocenters. The highest BCUT2D eigenvalue weighted by Crippen LogP contribution is 2.41. The van der Waals surface area contributed by atoms with Crippen molar-refractivity contribution in [2.75, 3.05) is 18.4 Å². The highest BCUT2D eigenvalue weighted by molar-refractivity contribution is 5.95. The average molecular weight is 467 g/mol. The van der Waals surface area contributed by atoms with Crippen LogP contribution in [0.5, 0.6) is 0 Å². The van der Waals surface area contributed by atoms with Gasteiger partial charge in [0.15, 0.2) is 0 Å². The molecule has 180 valence electrons. The van der Waals surface area contributed by atoms with Crippen LogP contribution < -0.4 is 10.6 Å². The summed E-state index contributed by atoms with van der Waals surface area (Å²) in [5, 5.41) is 8.33. The Morgan fingerprint density at radius 1 is 1.03 bits per heavy atom. The summed E-state index contributed by atoms with van der Waals surface area (Å²) in [4.78, 5) is 15.4. The second-order valence-corrected chi connectivity index (χ2v) is 10.5. The maximum Gasteiger partial charge on any atom is 0.227 e. The van der Waals surface area contributed by atoms with E-state index in [1.54, 1.807) is 0 Å². The van der Waals surface area contributed by atoms with Gasteiger partial charge in [0.25, 0.3) is 0 Å². The van der Waals surface area contributed by atoms with E-state index >= 15 is 0 Å². The Hall–Kier alpha value is -3.22. The molecule has 2 aromatic heterocycles. The SMILES string of the molecule is Cc1ccc2c(-c3ccnc(Nc4cc(CN5C[C@@H](C)N[C@@H](C)C5)cc(C5CC5)c4)n3)c[nH]c2c1. The largest absolute Gasteiger partial charge is 0.360 e. The van der Waals surface area contributed by atoms with Gasteiger partial charge in [-0.3, -0.25) is 4.90 Å². The van der Waals surface area contributed by atoms with Crippen LogP contribution in [0.25, 0.3) is 22.2 Å². The first-order valence-electron chi connectivity index (χ1n) is 12.8. The number of aromatic nitrogens is 3. The van der Waals surface area contributed by atoms with Gasteiger partial charge in [0.2, 0.25) is 5.95 Å². The van der Waals surface area contributed by atoms with Gasteiger partial charge in [-0.1, -0.05) is 18.2 Å². The molecule has 0 unspecified atom stereocenters. The summed E-state index contributed by atoms with van der Waals surface area (Å²) in [5.41, 5.74) is 8.26. The molecule has 3 heterocycles. The zero-order valence-electron chi connectivity index (χ0n) is 20.8. The molecular formula is C29H34N6. The summed E-state index contributed by atoms with van der Waals surface area (Å²) in [5.74, 6) is 1.32. The Labute approximate surface area is 207 Å². The number of nitrogens with one attached hydrogen (secondary N) is 3. The molecule has 2 aromatic carbocycles. The van der Waals surface area contributed by atoms with Crippen molar-refractivity contribution >= 4 is 22.5 Å². The summed E-state index contributed by atoms with van der Waals surface area (Å²) in [6, 6.07) is 16.5. The van der Waals surface area contributed by atoms with Gasteiger partial charge in [-0.25, -0.2) is 9.97 Å². The lowest BCUT2D eigenvalue weighted by Crippen LogP contribution is -2.53. The van der Waals surface area contributed by atoms with Crippen molar-refractivity contribution in [3.8, 4) is 11.3 Å². The molecule has 1 aliphatic carbocycles. The predicted octanol–water partition coefficient (Wildman–Crippen LogP) is 5.74. The van der Waals surface area contributed by atoms with Gasteiger partial charge in [-0.05, 0) is 80.5 Å². The van der Waals surface area contributed by atoms with E-state index in [4.69, 9.17) is 4.98 Å². The summed E-state index contributed by atoms with van der Waals surface area (Å²) >= 11 is 0. The maximum absolute atomic E-state index is 4.88. The lowest BCUT2D eigenvalue weighted by Gasteiger charge is -2.36. The molecule has 0 amide bonds. The van der Waals surface area contributed by atoms with Crippen LogP contribution in [0.2, 0.25) is 0 Å². The van der Waals surface area contributed by atoms with Crippen LogP contribution in [-0.4, -0.2) is 45.0 Å². The van der Waals surface area contributed by atoms with Crippen molar-refractivity contribution in [1.29, 1.82) is 0 Å². The van der Waals surface area contributed by atoms with Crippen LogP contribution in [-0.2, 0) is 6.54 Å². The van der Waals surface area contributed by atoms with E-state index in [1.165, 1.54) is 34.9 Å². The lowest BCUT2D eigenvalue weighted by atomic mass is 10.0. The second kappa shape index (κ2) is 9.10. The smallest absolute Gasteiger partial charge is 0.227 e. The standard InChI is InChI=1S/C29H34N6/c1-18-4-7-25-26(14-31-28(25)10-18)27-8-9-30-29(34-27)33-24-12-21(11-23(13-24)22-5-6-22)17-35-15-19(2)32-20(3)16-35/h4,7-14,19-20,22,31-32H,5-6,15-17H2,1-3H3,(H,30,33,34)/t19-,20+. The lowest BCUT2D eigenvalue weighted by molar-refractivity contribution is 0.166. The van der Waals surface area contributed by atoms with Gasteiger partial charge in [0, 0.05) is 66.3 Å². The minimum absolute atomic E-state index is 0.521. The van der Waals surface area contributed by atoms with E-state index in [1.807, 2.05) is 18.5 Å². The molecule has 0 radical (unpaired) electrons. The Bertz CT molecular complexity index is 1340. The topological polar surface area (TPSA) is 68.9 Å². The third-order valence-corrected chi connectivity index (χ3v) is 7.13. The molecule has 35 heavy (non-hydrogen) atoms. The number of nitrogens with zero attached hydrogens (tertiary/aromatic N) is 3. The van der Waals surface area contributed by atoms with E-state index in [0.29, 0.717) is 23.9 Å². The number of anilines is 2. The highest BCUT2D eigenvalue weighted by atomic mass is 15.2. The maximum atomic E-state index is 4.88. The minimum atomic E-state index is 0.521. The van der Waals surface area contributed by atoms with Crippen LogP contribution in [0.15, 0.2) is 54.9 Å². The summed E-state index contributed by atoms with van der Waals surface area (Å²) < 4.78 is 0. The van der Waals surface area contributed by atoms with Crippen molar-refractivity contribution < 1.29 is 0 Å². The Morgan fingerprint density at radius 2 is 1.86 bits per heavy atom. The Morgan fingerprint density at radius 3 is 2.66 bits per heavy atom. The van der Waals surface area contributed by atoms with E-state index < -0.39 is 0 Å². The molecule has 3 N–H and O–H groups in total. The molecule has 1 saturated heterocycles. The van der Waals surface area contributed by atoms with Crippen LogP contribution in [0, 0.1) is 6.92 Å². The molecule has 1 aliphatic heterocycles. The van der Waals surface area contributed by atoms with Gasteiger partial charge in [-0.2, -0.15) is 0 Å². The summed E-state index contributed by atoms with van der Waals surface area (Å²) in [6.45, 7) is 9.79. The Kier molecular flexibility index (Phi) is 5.78. The number of piperazine rings is 1. The third-order valence-electron chi connectivity index (χ3n) is 7.13. The number of rotatable bonds is 6. The van der Waals surface area contributed by atoms with Crippen LogP contribution in [0.3, 0.4) is 0 Å². The summed E-state index contributed by atoms with van der Waals surface area (Å²) in [6.07, 6.45) is 6.46. The molecule has 2 aliphatic rings. The van der Waals surface area contributed by atoms with Crippen molar-refractivity contribution in [3.63, 3.8) is 0 Å². The molecule has 0 spiro atoms. The van der Waals surface area contributed by atoms with Gasteiger partial charge in [-0.15, -0.1) is 0 Å². The number of H-pyrrole nitrogens is 1. The Balaban J connectivity index is 1.27. The fourth-order valence-electron chi connectivity index (χ4n) is 5.51. The zero-order valence-corrected chi connectivity index (χ0v) is 20.8. The van der Waals surface area contributed by atoms with Crippen molar-refractivity contribution in [1.82, 2.24) is 25.2 Å². The van der Waals surface area contributed by atoms with Crippen molar-refractivity contribution in [3.05, 3.63) is 71.5 Å². The average Bonchev–Trinajstić information content (AvgIpc) is 3.58. The number of aromatic amines is 1. The molecule has 1 saturated carbocycles. The van der Waals surface area contributed by atoms with Crippen molar-refractivity contribution in [2.24, 2.45) is 0 Å². The number of aryl methyl sites for hydroxylation is 1. The van der Waals surface area contributed by atoms with E-state index in [-0.39, 0.29) is 0 Å². The highest BCUT2D eigenvalue weighted by Gasteiger charge is 2.25. The first-order chi connectivity index (χ1) is 17.0. The van der Waals surface area contributed by atoms with Crippen LogP contribution in [0.1, 0.15) is 49.3 Å². The number of fused-ring (bicyclic) bond motifs is 1. The first-order valence-corrected chi connectivity index (χ1v) is 12.8. The molecule has 2 fully saturated rings. The van der Waals surface area contributed by atoms with Gasteiger partial charge in [0.1, 0.15) is 0 Å². The molecular weight excluding hydrogens is 432 g/mol. The number of benzene rings is 2. The third kappa shape index (κ3) is 4.95. The molecule has 6 nitrogen and oxygen atoms in total. The molecule has 4 aromatic rings. The first kappa shape index (κ1) is 22.3. The second-order valence-electron chi connectivity index (χ2n) is 10.5.